The molecule has 134 valence electrons. The van der Waals surface area contributed by atoms with Gasteiger partial charge in [-0.2, -0.15) is 0 Å². The van der Waals surface area contributed by atoms with Gasteiger partial charge in [-0.25, -0.2) is 4.39 Å². The van der Waals surface area contributed by atoms with Crippen LogP contribution in [-0.2, 0) is 11.2 Å². The van der Waals surface area contributed by atoms with Gasteiger partial charge in [0, 0.05) is 39.0 Å². The summed E-state index contributed by atoms with van der Waals surface area (Å²) >= 11 is 0. The van der Waals surface area contributed by atoms with Gasteiger partial charge in [-0.15, -0.1) is 5.10 Å². The van der Waals surface area contributed by atoms with Crippen molar-refractivity contribution in [2.75, 3.05) is 31.1 Å². The van der Waals surface area contributed by atoms with Crippen LogP contribution in [0.4, 0.5) is 10.4 Å². The molecule has 7 heteroatoms. The second-order valence-corrected chi connectivity index (χ2v) is 6.36. The number of hydrogen-bond donors (Lipinski definition) is 0. The fourth-order valence-electron chi connectivity index (χ4n) is 2.96. The molecule has 0 bridgehead atoms. The van der Waals surface area contributed by atoms with E-state index < -0.39 is 0 Å². The fraction of sp³-hybridized carbons (Fsp3) is 0.500. The van der Waals surface area contributed by atoms with E-state index in [9.17, 15) is 9.18 Å². The lowest BCUT2D eigenvalue weighted by molar-refractivity contribution is -0.131. The van der Waals surface area contributed by atoms with E-state index in [0.717, 1.165) is 5.56 Å². The van der Waals surface area contributed by atoms with Gasteiger partial charge in [0.15, 0.2) is 0 Å². The number of anilines is 1. The highest BCUT2D eigenvalue weighted by Crippen LogP contribution is 2.21. The van der Waals surface area contributed by atoms with Gasteiger partial charge in [-0.3, -0.25) is 4.79 Å². The summed E-state index contributed by atoms with van der Waals surface area (Å²) in [6.07, 6.45) is 1.14. The van der Waals surface area contributed by atoms with E-state index in [1.807, 2.05) is 23.6 Å². The van der Waals surface area contributed by atoms with Crippen molar-refractivity contribution in [1.82, 2.24) is 15.1 Å². The molecule has 1 aromatic carbocycles. The molecule has 3 rings (SSSR count). The predicted molar refractivity (Wildman–Crippen MR) is 91.9 cm³/mol. The number of hydrogen-bond acceptors (Lipinski definition) is 5. The maximum atomic E-state index is 13.0. The Morgan fingerprint density at radius 3 is 2.48 bits per heavy atom. The molecular formula is C18H23FN4O2. The molecule has 25 heavy (non-hydrogen) atoms. The quantitative estimate of drug-likeness (QED) is 0.833. The Hall–Kier alpha value is -2.44. The highest BCUT2D eigenvalue weighted by atomic mass is 19.1. The Bertz CT molecular complexity index is 708. The Balaban J connectivity index is 1.51. The summed E-state index contributed by atoms with van der Waals surface area (Å²) in [4.78, 5) is 16.4. The van der Waals surface area contributed by atoms with Crippen LogP contribution in [0.3, 0.4) is 0 Å². The van der Waals surface area contributed by atoms with Crippen molar-refractivity contribution in [3.05, 3.63) is 41.5 Å². The summed E-state index contributed by atoms with van der Waals surface area (Å²) in [5, 5.41) is 8.03. The third-order valence-electron chi connectivity index (χ3n) is 4.58. The normalized spacial score (nSPS) is 16.1. The van der Waals surface area contributed by atoms with Gasteiger partial charge in [0.2, 0.25) is 11.8 Å². The largest absolute Gasteiger partial charge is 0.408 e. The SMILES string of the molecule is CCc1nnc(N2CCN(C(=O)CC(C)c3ccc(F)cc3)CC2)o1. The zero-order chi connectivity index (χ0) is 17.8. The number of aryl methyl sites for hydroxylation is 1. The smallest absolute Gasteiger partial charge is 0.318 e. The van der Waals surface area contributed by atoms with E-state index in [1.54, 1.807) is 12.1 Å². The molecule has 1 saturated heterocycles. The van der Waals surface area contributed by atoms with Crippen LogP contribution in [0.25, 0.3) is 0 Å². The monoisotopic (exact) mass is 346 g/mol. The Labute approximate surface area is 146 Å². The number of rotatable bonds is 5. The second kappa shape index (κ2) is 7.63. The van der Waals surface area contributed by atoms with Crippen molar-refractivity contribution < 1.29 is 13.6 Å². The lowest BCUT2D eigenvalue weighted by atomic mass is 9.97. The molecular weight excluding hydrogens is 323 g/mol. The van der Waals surface area contributed by atoms with Crippen LogP contribution in [0, 0.1) is 5.82 Å². The third-order valence-corrected chi connectivity index (χ3v) is 4.58. The first-order valence-corrected chi connectivity index (χ1v) is 8.67. The summed E-state index contributed by atoms with van der Waals surface area (Å²) in [5.74, 6) is 0.553. The second-order valence-electron chi connectivity index (χ2n) is 6.36. The van der Waals surface area contributed by atoms with Crippen LogP contribution >= 0.6 is 0 Å². The van der Waals surface area contributed by atoms with E-state index in [1.165, 1.54) is 12.1 Å². The topological polar surface area (TPSA) is 62.5 Å². The first-order valence-electron chi connectivity index (χ1n) is 8.67. The van der Waals surface area contributed by atoms with Crippen molar-refractivity contribution >= 4 is 11.9 Å². The molecule has 1 aliphatic heterocycles. The van der Waals surface area contributed by atoms with E-state index in [-0.39, 0.29) is 17.6 Å². The number of nitrogens with zero attached hydrogens (tertiary/aromatic N) is 4. The number of carbonyl (C=O) groups excluding carboxylic acids is 1. The number of benzene rings is 1. The average molecular weight is 346 g/mol. The highest BCUT2D eigenvalue weighted by Gasteiger charge is 2.25. The van der Waals surface area contributed by atoms with Crippen molar-refractivity contribution in [2.45, 2.75) is 32.6 Å². The highest BCUT2D eigenvalue weighted by molar-refractivity contribution is 5.77. The van der Waals surface area contributed by atoms with Gasteiger partial charge < -0.3 is 14.2 Å². The molecule has 0 saturated carbocycles. The van der Waals surface area contributed by atoms with Crippen molar-refractivity contribution in [2.24, 2.45) is 0 Å². The van der Waals surface area contributed by atoms with Crippen molar-refractivity contribution in [1.29, 1.82) is 0 Å². The van der Waals surface area contributed by atoms with E-state index in [2.05, 4.69) is 10.2 Å². The molecule has 1 aliphatic rings. The number of halogens is 1. The molecule has 0 radical (unpaired) electrons. The van der Waals surface area contributed by atoms with E-state index in [0.29, 0.717) is 50.9 Å². The Morgan fingerprint density at radius 1 is 1.20 bits per heavy atom. The first kappa shape index (κ1) is 17.4. The molecule has 0 spiro atoms. The van der Waals surface area contributed by atoms with E-state index >= 15 is 0 Å². The average Bonchev–Trinajstić information content (AvgIpc) is 3.11. The lowest BCUT2D eigenvalue weighted by Crippen LogP contribution is -2.49. The van der Waals surface area contributed by atoms with Gasteiger partial charge in [0.25, 0.3) is 0 Å². The Morgan fingerprint density at radius 2 is 1.88 bits per heavy atom. The standard InChI is InChI=1S/C18H23FN4O2/c1-3-16-20-21-18(25-16)23-10-8-22(9-11-23)17(24)12-13(2)14-4-6-15(19)7-5-14/h4-7,13H,3,8-12H2,1-2H3. The molecule has 6 nitrogen and oxygen atoms in total. The van der Waals surface area contributed by atoms with Crippen LogP contribution in [0.15, 0.2) is 28.7 Å². The minimum absolute atomic E-state index is 0.0641. The maximum Gasteiger partial charge on any atom is 0.318 e. The van der Waals surface area contributed by atoms with Gasteiger partial charge in [-0.05, 0) is 23.6 Å². The summed E-state index contributed by atoms with van der Waals surface area (Å²) < 4.78 is 18.6. The number of carbonyl (C=O) groups is 1. The van der Waals surface area contributed by atoms with Gasteiger partial charge in [0.1, 0.15) is 5.82 Å². The van der Waals surface area contributed by atoms with Crippen LogP contribution in [-0.4, -0.2) is 47.2 Å². The molecule has 2 aromatic rings. The molecule has 1 amide bonds. The molecule has 0 aliphatic carbocycles. The third kappa shape index (κ3) is 4.15. The van der Waals surface area contributed by atoms with Crippen LogP contribution in [0.1, 0.15) is 37.6 Å². The van der Waals surface area contributed by atoms with Crippen LogP contribution in [0.5, 0.6) is 0 Å². The lowest BCUT2D eigenvalue weighted by Gasteiger charge is -2.34. The first-order chi connectivity index (χ1) is 12.1. The number of amides is 1. The van der Waals surface area contributed by atoms with Gasteiger partial charge in [-0.1, -0.05) is 31.1 Å². The minimum Gasteiger partial charge on any atom is -0.408 e. The minimum atomic E-state index is -0.259. The molecule has 1 aromatic heterocycles. The summed E-state index contributed by atoms with van der Waals surface area (Å²) in [6.45, 7) is 6.60. The molecule has 1 fully saturated rings. The van der Waals surface area contributed by atoms with Crippen LogP contribution in [0.2, 0.25) is 0 Å². The summed E-state index contributed by atoms with van der Waals surface area (Å²) in [6, 6.07) is 6.88. The fourth-order valence-corrected chi connectivity index (χ4v) is 2.96. The van der Waals surface area contributed by atoms with E-state index in [4.69, 9.17) is 4.42 Å². The summed E-state index contributed by atoms with van der Waals surface area (Å²) in [7, 11) is 0. The molecule has 1 atom stereocenters. The zero-order valence-electron chi connectivity index (χ0n) is 14.6. The van der Waals surface area contributed by atoms with Gasteiger partial charge >= 0.3 is 6.01 Å². The number of piperazine rings is 1. The van der Waals surface area contributed by atoms with Gasteiger partial charge in [0.05, 0.1) is 0 Å². The molecule has 1 unspecified atom stereocenters. The predicted octanol–water partition coefficient (Wildman–Crippen LogP) is 2.61. The summed E-state index contributed by atoms with van der Waals surface area (Å²) in [5.41, 5.74) is 0.978. The maximum absolute atomic E-state index is 13.0. The van der Waals surface area contributed by atoms with Crippen LogP contribution < -0.4 is 4.90 Å². The Kier molecular flexibility index (Phi) is 5.31. The van der Waals surface area contributed by atoms with Crippen molar-refractivity contribution in [3.8, 4) is 0 Å². The van der Waals surface area contributed by atoms with Crippen molar-refractivity contribution in [3.63, 3.8) is 0 Å². The number of aromatic nitrogens is 2. The molecule has 2 heterocycles. The zero-order valence-corrected chi connectivity index (χ0v) is 14.6. The molecule has 0 N–H and O–H groups in total.